The summed E-state index contributed by atoms with van der Waals surface area (Å²) in [5.41, 5.74) is 1.45. The van der Waals surface area contributed by atoms with Gasteiger partial charge in [0.15, 0.2) is 5.82 Å². The normalized spacial score (nSPS) is 10.3. The summed E-state index contributed by atoms with van der Waals surface area (Å²) in [4.78, 5) is 33.1. The van der Waals surface area contributed by atoms with Crippen LogP contribution < -0.4 is 15.5 Å². The number of nitrogens with one attached hydrogen (secondary N) is 2. The first-order valence-electron chi connectivity index (χ1n) is 8.36. The molecule has 0 spiro atoms. The maximum atomic E-state index is 12.1. The van der Waals surface area contributed by atoms with Crippen molar-refractivity contribution in [3.8, 4) is 0 Å². The first-order chi connectivity index (χ1) is 12.5. The van der Waals surface area contributed by atoms with Crippen LogP contribution in [0.3, 0.4) is 0 Å². The highest BCUT2D eigenvalue weighted by Crippen LogP contribution is 2.21. The summed E-state index contributed by atoms with van der Waals surface area (Å²) in [5.74, 6) is 0.996. The van der Waals surface area contributed by atoms with Crippen molar-refractivity contribution in [3.63, 3.8) is 0 Å². The lowest BCUT2D eigenvalue weighted by Gasteiger charge is -2.16. The molecule has 3 amide bonds. The second-order valence-electron chi connectivity index (χ2n) is 5.75. The number of rotatable bonds is 8. The van der Waals surface area contributed by atoms with Gasteiger partial charge in [0.1, 0.15) is 11.5 Å². The van der Waals surface area contributed by atoms with Crippen LogP contribution in [0.5, 0.6) is 0 Å². The van der Waals surface area contributed by atoms with Gasteiger partial charge in [0.2, 0.25) is 6.41 Å². The number of amides is 3. The van der Waals surface area contributed by atoms with Crippen molar-refractivity contribution in [2.75, 3.05) is 23.8 Å². The van der Waals surface area contributed by atoms with Gasteiger partial charge in [-0.1, -0.05) is 30.7 Å². The lowest BCUT2D eigenvalue weighted by Crippen LogP contribution is -2.31. The zero-order chi connectivity index (χ0) is 18.9. The van der Waals surface area contributed by atoms with Gasteiger partial charge in [0.05, 0.1) is 6.20 Å². The Labute approximate surface area is 157 Å². The van der Waals surface area contributed by atoms with Gasteiger partial charge >= 0.3 is 6.03 Å². The minimum atomic E-state index is -0.383. The van der Waals surface area contributed by atoms with Crippen LogP contribution in [-0.2, 0) is 17.6 Å². The predicted octanol–water partition coefficient (Wildman–Crippen LogP) is 3.04. The molecule has 1 heterocycles. The van der Waals surface area contributed by atoms with Crippen molar-refractivity contribution in [3.05, 3.63) is 46.9 Å². The molecule has 0 radical (unpaired) electrons. The van der Waals surface area contributed by atoms with E-state index in [-0.39, 0.29) is 6.03 Å². The molecule has 138 valence electrons. The topological polar surface area (TPSA) is 87.2 Å². The molecule has 0 saturated carbocycles. The van der Waals surface area contributed by atoms with E-state index in [1.54, 1.807) is 7.05 Å². The maximum Gasteiger partial charge on any atom is 0.319 e. The minimum absolute atomic E-state index is 0.367. The van der Waals surface area contributed by atoms with Crippen LogP contribution in [0, 0.1) is 0 Å². The third kappa shape index (κ3) is 5.70. The summed E-state index contributed by atoms with van der Waals surface area (Å²) in [6.45, 7) is 2.48. The van der Waals surface area contributed by atoms with Gasteiger partial charge in [0.25, 0.3) is 0 Å². The fourth-order valence-electron chi connectivity index (χ4n) is 2.30. The molecule has 7 nitrogen and oxygen atoms in total. The fourth-order valence-corrected chi connectivity index (χ4v) is 2.42. The third-order valence-electron chi connectivity index (χ3n) is 3.65. The lowest BCUT2D eigenvalue weighted by atomic mass is 10.1. The molecular formula is C18H22ClN5O2. The average Bonchev–Trinajstić information content (AvgIpc) is 2.64. The summed E-state index contributed by atoms with van der Waals surface area (Å²) in [6.07, 6.45) is 4.43. The molecule has 8 heteroatoms. The van der Waals surface area contributed by atoms with Crippen molar-refractivity contribution in [1.29, 1.82) is 0 Å². The number of carbonyl (C=O) groups excluding carboxylic acids is 2. The van der Waals surface area contributed by atoms with Crippen LogP contribution in [0.15, 0.2) is 30.5 Å². The van der Waals surface area contributed by atoms with Gasteiger partial charge in [-0.15, -0.1) is 0 Å². The van der Waals surface area contributed by atoms with Crippen molar-refractivity contribution >= 4 is 35.5 Å². The summed E-state index contributed by atoms with van der Waals surface area (Å²) in [7, 11) is 1.58. The molecule has 0 atom stereocenters. The van der Waals surface area contributed by atoms with E-state index in [0.717, 1.165) is 12.0 Å². The molecule has 1 aromatic carbocycles. The zero-order valence-electron chi connectivity index (χ0n) is 14.8. The molecule has 0 saturated heterocycles. The number of hydrogen-bond donors (Lipinski definition) is 2. The molecule has 0 fully saturated rings. The predicted molar refractivity (Wildman–Crippen MR) is 103 cm³/mol. The van der Waals surface area contributed by atoms with Crippen molar-refractivity contribution in [2.24, 2.45) is 0 Å². The molecule has 0 aliphatic carbocycles. The van der Waals surface area contributed by atoms with Crippen LogP contribution in [0.25, 0.3) is 0 Å². The number of aromatic nitrogens is 2. The van der Waals surface area contributed by atoms with E-state index in [1.165, 1.54) is 11.1 Å². The number of anilines is 2. The van der Waals surface area contributed by atoms with Gasteiger partial charge in [0, 0.05) is 25.0 Å². The molecule has 0 aliphatic rings. The van der Waals surface area contributed by atoms with E-state index >= 15 is 0 Å². The van der Waals surface area contributed by atoms with E-state index in [1.807, 2.05) is 31.2 Å². The largest absolute Gasteiger partial charge is 0.338 e. The number of halogens is 1. The number of hydrogen-bond acceptors (Lipinski definition) is 4. The maximum absolute atomic E-state index is 12.1. The summed E-state index contributed by atoms with van der Waals surface area (Å²) >= 11 is 5.85. The summed E-state index contributed by atoms with van der Waals surface area (Å²) in [6, 6.07) is 7.08. The Morgan fingerprint density at radius 1 is 1.27 bits per heavy atom. The molecule has 0 aliphatic heterocycles. The van der Waals surface area contributed by atoms with Crippen LogP contribution in [0.1, 0.15) is 24.7 Å². The monoisotopic (exact) mass is 375 g/mol. The summed E-state index contributed by atoms with van der Waals surface area (Å²) < 4.78 is 0. The second-order valence-corrected chi connectivity index (χ2v) is 6.18. The molecule has 1 aromatic heterocycles. The van der Waals surface area contributed by atoms with Crippen molar-refractivity contribution in [2.45, 2.75) is 26.2 Å². The van der Waals surface area contributed by atoms with Crippen LogP contribution >= 0.6 is 11.6 Å². The number of aryl methyl sites for hydroxylation is 1. The fraction of sp³-hybridized carbons (Fsp3) is 0.333. The van der Waals surface area contributed by atoms with Gasteiger partial charge in [-0.2, -0.15) is 0 Å². The Balaban J connectivity index is 1.96. The standard InChI is InChI=1S/C18H22ClN5O2/c1-3-4-16-21-11-15(17(23-16)24(2)12-25)22-18(26)20-10-9-13-5-7-14(19)8-6-13/h5-8,11-12H,3-4,9-10H2,1-2H3,(H2,20,22,26). The molecule has 0 bridgehead atoms. The van der Waals surface area contributed by atoms with E-state index in [2.05, 4.69) is 20.6 Å². The number of carbonyl (C=O) groups is 2. The van der Waals surface area contributed by atoms with Gasteiger partial charge in [-0.3, -0.25) is 4.79 Å². The Bertz CT molecular complexity index is 752. The van der Waals surface area contributed by atoms with E-state index in [4.69, 9.17) is 11.6 Å². The molecule has 2 aromatic rings. The highest BCUT2D eigenvalue weighted by molar-refractivity contribution is 6.30. The minimum Gasteiger partial charge on any atom is -0.338 e. The number of benzene rings is 1. The highest BCUT2D eigenvalue weighted by Gasteiger charge is 2.13. The first kappa shape index (κ1) is 19.7. The van der Waals surface area contributed by atoms with Crippen molar-refractivity contribution < 1.29 is 9.59 Å². The van der Waals surface area contributed by atoms with Crippen LogP contribution in [0.2, 0.25) is 5.02 Å². The van der Waals surface area contributed by atoms with Gasteiger partial charge in [-0.05, 0) is 30.5 Å². The second kappa shape index (κ2) is 9.72. The van der Waals surface area contributed by atoms with Crippen LogP contribution in [-0.4, -0.2) is 36.0 Å². The molecule has 26 heavy (non-hydrogen) atoms. The summed E-state index contributed by atoms with van der Waals surface area (Å²) in [5, 5.41) is 6.15. The average molecular weight is 376 g/mol. The smallest absolute Gasteiger partial charge is 0.319 e. The van der Waals surface area contributed by atoms with E-state index < -0.39 is 0 Å². The molecule has 2 N–H and O–H groups in total. The number of nitrogens with zero attached hydrogens (tertiary/aromatic N) is 3. The van der Waals surface area contributed by atoms with E-state index in [0.29, 0.717) is 48.1 Å². The van der Waals surface area contributed by atoms with Gasteiger partial charge in [-0.25, -0.2) is 14.8 Å². The lowest BCUT2D eigenvalue weighted by molar-refractivity contribution is -0.107. The molecule has 2 rings (SSSR count). The quantitative estimate of drug-likeness (QED) is 0.694. The first-order valence-corrected chi connectivity index (χ1v) is 8.74. The van der Waals surface area contributed by atoms with E-state index in [9.17, 15) is 9.59 Å². The molecule has 0 unspecified atom stereocenters. The van der Waals surface area contributed by atoms with Crippen LogP contribution in [0.4, 0.5) is 16.3 Å². The Morgan fingerprint density at radius 3 is 2.65 bits per heavy atom. The van der Waals surface area contributed by atoms with Gasteiger partial charge < -0.3 is 15.5 Å². The van der Waals surface area contributed by atoms with Crippen molar-refractivity contribution in [1.82, 2.24) is 15.3 Å². The zero-order valence-corrected chi connectivity index (χ0v) is 15.6. The Hall–Kier alpha value is -2.67. The Kier molecular flexibility index (Phi) is 7.35. The Morgan fingerprint density at radius 2 is 2.00 bits per heavy atom. The number of urea groups is 1. The SMILES string of the molecule is CCCc1ncc(NC(=O)NCCc2ccc(Cl)cc2)c(N(C)C=O)n1. The highest BCUT2D eigenvalue weighted by atomic mass is 35.5. The molecular weight excluding hydrogens is 354 g/mol. The third-order valence-corrected chi connectivity index (χ3v) is 3.90.